The second-order valence-electron chi connectivity index (χ2n) is 7.18. The second-order valence-corrected chi connectivity index (χ2v) is 7.18. The van der Waals surface area contributed by atoms with Crippen molar-refractivity contribution in [1.29, 1.82) is 0 Å². The molecule has 3 aromatic rings. The minimum absolute atomic E-state index is 0.0179. The van der Waals surface area contributed by atoms with Crippen LogP contribution in [0.4, 0.5) is 4.39 Å². The van der Waals surface area contributed by atoms with Crippen LogP contribution >= 0.6 is 0 Å². The summed E-state index contributed by atoms with van der Waals surface area (Å²) in [6, 6.07) is 9.54. The third-order valence-electron chi connectivity index (χ3n) is 4.91. The van der Waals surface area contributed by atoms with E-state index in [1.54, 1.807) is 23.1 Å². The number of piperidine rings is 1. The topological polar surface area (TPSA) is 84.0 Å². The molecule has 150 valence electrons. The summed E-state index contributed by atoms with van der Waals surface area (Å²) in [5.41, 5.74) is 2.66. The van der Waals surface area contributed by atoms with Gasteiger partial charge >= 0.3 is 0 Å². The zero-order valence-electron chi connectivity index (χ0n) is 16.4. The lowest BCUT2D eigenvalue weighted by Crippen LogP contribution is -2.42. The standard InChI is InChI=1S/C21H22FN5O2/c1-13-11-20(24-14(2)23-13)29-17-7-9-27(10-8-17)21(28)19-12-18(25-26-19)15-3-5-16(22)6-4-15/h3-6,11-12,17H,7-10H2,1-2H3,(H,25,26). The quantitative estimate of drug-likeness (QED) is 0.733. The molecule has 0 bridgehead atoms. The molecule has 0 radical (unpaired) electrons. The normalized spacial score (nSPS) is 14.8. The predicted octanol–water partition coefficient (Wildman–Crippen LogP) is 3.31. The van der Waals surface area contributed by atoms with Crippen LogP contribution in [0.1, 0.15) is 34.8 Å². The van der Waals surface area contributed by atoms with Gasteiger partial charge in [0.05, 0.1) is 5.69 Å². The number of amides is 1. The van der Waals surface area contributed by atoms with Crippen molar-refractivity contribution in [2.24, 2.45) is 0 Å². The summed E-state index contributed by atoms with van der Waals surface area (Å²) in [4.78, 5) is 23.1. The number of aromatic nitrogens is 4. The maximum absolute atomic E-state index is 13.1. The van der Waals surface area contributed by atoms with Crippen molar-refractivity contribution >= 4 is 5.91 Å². The van der Waals surface area contributed by atoms with Gasteiger partial charge in [0.15, 0.2) is 0 Å². The number of likely N-dealkylation sites (tertiary alicyclic amines) is 1. The van der Waals surface area contributed by atoms with Crippen LogP contribution in [0, 0.1) is 19.7 Å². The number of halogens is 1. The third-order valence-corrected chi connectivity index (χ3v) is 4.91. The van der Waals surface area contributed by atoms with Crippen molar-refractivity contribution in [2.45, 2.75) is 32.8 Å². The molecule has 0 aliphatic carbocycles. The van der Waals surface area contributed by atoms with Crippen molar-refractivity contribution in [3.05, 3.63) is 59.4 Å². The summed E-state index contributed by atoms with van der Waals surface area (Å²) >= 11 is 0. The number of aryl methyl sites for hydroxylation is 2. The molecule has 1 N–H and O–H groups in total. The lowest BCUT2D eigenvalue weighted by molar-refractivity contribution is 0.0582. The smallest absolute Gasteiger partial charge is 0.271 e. The van der Waals surface area contributed by atoms with Crippen molar-refractivity contribution in [2.75, 3.05) is 13.1 Å². The zero-order valence-corrected chi connectivity index (χ0v) is 16.4. The van der Waals surface area contributed by atoms with Gasteiger partial charge in [-0.3, -0.25) is 9.89 Å². The second kappa shape index (κ2) is 7.98. The minimum Gasteiger partial charge on any atom is -0.474 e. The number of hydrogen-bond donors (Lipinski definition) is 1. The van der Waals surface area contributed by atoms with Crippen molar-refractivity contribution in [3.8, 4) is 17.1 Å². The van der Waals surface area contributed by atoms with Crippen LogP contribution < -0.4 is 4.74 Å². The van der Waals surface area contributed by atoms with Crippen LogP contribution in [0.5, 0.6) is 5.88 Å². The van der Waals surface area contributed by atoms with Crippen molar-refractivity contribution in [1.82, 2.24) is 25.1 Å². The Kier molecular flexibility index (Phi) is 5.24. The van der Waals surface area contributed by atoms with Gasteiger partial charge in [0.25, 0.3) is 5.91 Å². The van der Waals surface area contributed by atoms with Crippen LogP contribution in [-0.2, 0) is 0 Å². The Hall–Kier alpha value is -3.29. The Labute approximate surface area is 167 Å². The Morgan fingerprint density at radius 3 is 2.55 bits per heavy atom. The van der Waals surface area contributed by atoms with Crippen LogP contribution in [0.2, 0.25) is 0 Å². The van der Waals surface area contributed by atoms with E-state index in [2.05, 4.69) is 20.2 Å². The van der Waals surface area contributed by atoms with E-state index in [0.29, 0.717) is 36.2 Å². The first kappa shape index (κ1) is 19.0. The molecule has 0 spiro atoms. The molecule has 7 nitrogen and oxygen atoms in total. The summed E-state index contributed by atoms with van der Waals surface area (Å²) in [7, 11) is 0. The van der Waals surface area contributed by atoms with E-state index in [1.807, 2.05) is 19.9 Å². The molecule has 1 fully saturated rings. The highest BCUT2D eigenvalue weighted by molar-refractivity contribution is 5.93. The van der Waals surface area contributed by atoms with E-state index in [1.165, 1.54) is 12.1 Å². The molecule has 0 atom stereocenters. The Morgan fingerprint density at radius 1 is 1.14 bits per heavy atom. The van der Waals surface area contributed by atoms with Gasteiger partial charge in [0, 0.05) is 43.3 Å². The number of aromatic amines is 1. The summed E-state index contributed by atoms with van der Waals surface area (Å²) in [6.45, 7) is 4.94. The number of benzene rings is 1. The molecule has 1 aliphatic heterocycles. The van der Waals surface area contributed by atoms with Gasteiger partial charge in [0.2, 0.25) is 5.88 Å². The molecule has 4 rings (SSSR count). The van der Waals surface area contributed by atoms with Crippen LogP contribution in [0.3, 0.4) is 0 Å². The fourth-order valence-corrected chi connectivity index (χ4v) is 3.46. The largest absolute Gasteiger partial charge is 0.474 e. The zero-order chi connectivity index (χ0) is 20.4. The molecule has 3 heterocycles. The molecular formula is C21H22FN5O2. The monoisotopic (exact) mass is 395 g/mol. The number of carbonyl (C=O) groups is 1. The Bertz CT molecular complexity index is 990. The number of nitrogens with one attached hydrogen (secondary N) is 1. The molecule has 1 saturated heterocycles. The highest BCUT2D eigenvalue weighted by atomic mass is 19.1. The fraction of sp³-hybridized carbons (Fsp3) is 0.333. The van der Waals surface area contributed by atoms with Crippen LogP contribution in [0.25, 0.3) is 11.3 Å². The minimum atomic E-state index is -0.307. The first-order chi connectivity index (χ1) is 14.0. The van der Waals surface area contributed by atoms with Gasteiger partial charge in [-0.15, -0.1) is 0 Å². The number of carbonyl (C=O) groups excluding carboxylic acids is 1. The fourth-order valence-electron chi connectivity index (χ4n) is 3.46. The number of ether oxygens (including phenoxy) is 1. The molecule has 2 aromatic heterocycles. The molecule has 1 aliphatic rings. The first-order valence-electron chi connectivity index (χ1n) is 9.57. The Balaban J connectivity index is 1.36. The molecule has 0 saturated carbocycles. The molecular weight excluding hydrogens is 373 g/mol. The van der Waals surface area contributed by atoms with Crippen LogP contribution in [-0.4, -0.2) is 50.2 Å². The maximum atomic E-state index is 13.1. The number of rotatable bonds is 4. The lowest BCUT2D eigenvalue weighted by atomic mass is 10.1. The van der Waals surface area contributed by atoms with Gasteiger partial charge < -0.3 is 9.64 Å². The summed E-state index contributed by atoms with van der Waals surface area (Å²) in [5, 5.41) is 6.98. The molecule has 1 amide bonds. The summed E-state index contributed by atoms with van der Waals surface area (Å²) in [6.07, 6.45) is 1.48. The average molecular weight is 395 g/mol. The van der Waals surface area contributed by atoms with E-state index in [4.69, 9.17) is 4.74 Å². The first-order valence-corrected chi connectivity index (χ1v) is 9.57. The van der Waals surface area contributed by atoms with E-state index in [0.717, 1.165) is 24.1 Å². The SMILES string of the molecule is Cc1cc(OC2CCN(C(=O)c3cc(-c4ccc(F)cc4)n[nH]3)CC2)nc(C)n1. The van der Waals surface area contributed by atoms with Crippen molar-refractivity contribution in [3.63, 3.8) is 0 Å². The summed E-state index contributed by atoms with van der Waals surface area (Å²) in [5.74, 6) is 0.858. The van der Waals surface area contributed by atoms with Gasteiger partial charge in [-0.1, -0.05) is 0 Å². The van der Waals surface area contributed by atoms with E-state index in [9.17, 15) is 9.18 Å². The van der Waals surface area contributed by atoms with Gasteiger partial charge in [0.1, 0.15) is 23.4 Å². The Morgan fingerprint density at radius 2 is 1.86 bits per heavy atom. The molecule has 8 heteroatoms. The third kappa shape index (κ3) is 4.42. The van der Waals surface area contributed by atoms with E-state index in [-0.39, 0.29) is 17.8 Å². The highest BCUT2D eigenvalue weighted by Gasteiger charge is 2.26. The average Bonchev–Trinajstić information content (AvgIpc) is 3.18. The number of hydrogen-bond acceptors (Lipinski definition) is 5. The van der Waals surface area contributed by atoms with Gasteiger partial charge in [-0.2, -0.15) is 10.1 Å². The number of H-pyrrole nitrogens is 1. The maximum Gasteiger partial charge on any atom is 0.271 e. The number of nitrogens with zero attached hydrogens (tertiary/aromatic N) is 4. The van der Waals surface area contributed by atoms with E-state index < -0.39 is 0 Å². The van der Waals surface area contributed by atoms with Crippen LogP contribution in [0.15, 0.2) is 36.4 Å². The van der Waals surface area contributed by atoms with Gasteiger partial charge in [-0.05, 0) is 44.2 Å². The van der Waals surface area contributed by atoms with E-state index >= 15 is 0 Å². The molecule has 0 unspecified atom stereocenters. The lowest BCUT2D eigenvalue weighted by Gasteiger charge is -2.31. The highest BCUT2D eigenvalue weighted by Crippen LogP contribution is 2.22. The summed E-state index contributed by atoms with van der Waals surface area (Å²) < 4.78 is 19.1. The molecule has 1 aromatic carbocycles. The predicted molar refractivity (Wildman–Crippen MR) is 105 cm³/mol. The molecule has 29 heavy (non-hydrogen) atoms. The van der Waals surface area contributed by atoms with Crippen molar-refractivity contribution < 1.29 is 13.9 Å². The van der Waals surface area contributed by atoms with Gasteiger partial charge in [-0.25, -0.2) is 9.37 Å².